The Labute approximate surface area is 135 Å². The minimum atomic E-state index is -4.70. The average Bonchev–Trinajstić information content (AvgIpc) is 2.55. The van der Waals surface area contributed by atoms with E-state index >= 15 is 0 Å². The zero-order valence-corrected chi connectivity index (χ0v) is 12.7. The molecule has 126 valence electrons. The summed E-state index contributed by atoms with van der Waals surface area (Å²) < 4.78 is 47.4. The molecule has 0 saturated carbocycles. The Bertz CT molecular complexity index is 865. The summed E-state index contributed by atoms with van der Waals surface area (Å²) in [6.45, 7) is 0. The van der Waals surface area contributed by atoms with Crippen LogP contribution in [0.25, 0.3) is 0 Å². The fraction of sp³-hybridized carbons (Fsp3) is 0.0714. The summed E-state index contributed by atoms with van der Waals surface area (Å²) in [7, 11) is -4.70. The van der Waals surface area contributed by atoms with Gasteiger partial charge in [0.25, 0.3) is 11.6 Å². The predicted octanol–water partition coefficient (Wildman–Crippen LogP) is 2.84. The number of nitrogens with one attached hydrogen (secondary N) is 1. The molecular weight excluding hydrogens is 346 g/mol. The van der Waals surface area contributed by atoms with Gasteiger partial charge in [-0.3, -0.25) is 14.9 Å². The van der Waals surface area contributed by atoms with Crippen molar-refractivity contribution in [3.8, 4) is 0 Å². The molecule has 0 fully saturated rings. The molecule has 2 aromatic carbocycles. The molecule has 1 N–H and O–H groups in total. The predicted molar refractivity (Wildman–Crippen MR) is 80.7 cm³/mol. The summed E-state index contributed by atoms with van der Waals surface area (Å²) >= 11 is 0. The van der Waals surface area contributed by atoms with Crippen LogP contribution in [0, 0.1) is 10.1 Å². The van der Waals surface area contributed by atoms with Crippen molar-refractivity contribution in [3.05, 3.63) is 64.2 Å². The smallest absolute Gasteiger partial charge is 0.322 e. The van der Waals surface area contributed by atoms with Crippen molar-refractivity contribution >= 4 is 27.1 Å². The molecule has 0 spiro atoms. The molecule has 0 aromatic heterocycles. The summed E-state index contributed by atoms with van der Waals surface area (Å²) in [5.41, 5.74) is 0.157. The molecule has 24 heavy (non-hydrogen) atoms. The highest BCUT2D eigenvalue weighted by molar-refractivity contribution is 7.91. The van der Waals surface area contributed by atoms with Gasteiger partial charge < -0.3 is 5.32 Å². The van der Waals surface area contributed by atoms with Crippen molar-refractivity contribution in [2.24, 2.45) is 0 Å². The lowest BCUT2D eigenvalue weighted by Gasteiger charge is -2.07. The number of rotatable bonds is 5. The van der Waals surface area contributed by atoms with Crippen LogP contribution >= 0.6 is 0 Å². The number of alkyl halides is 2. The van der Waals surface area contributed by atoms with Gasteiger partial charge in [0.15, 0.2) is 0 Å². The molecule has 0 atom stereocenters. The Kier molecular flexibility index (Phi) is 4.88. The van der Waals surface area contributed by atoms with Gasteiger partial charge in [0, 0.05) is 23.4 Å². The molecule has 2 rings (SSSR count). The highest BCUT2D eigenvalue weighted by Crippen LogP contribution is 2.21. The molecule has 0 aliphatic carbocycles. The SMILES string of the molecule is O=C(Nc1ccc(S(=O)(=O)C(F)F)cc1)c1ccc([N+](=O)[O-])cc1. The minimum absolute atomic E-state index is 0.143. The molecule has 7 nitrogen and oxygen atoms in total. The van der Waals surface area contributed by atoms with Crippen LogP contribution in [0.4, 0.5) is 20.2 Å². The van der Waals surface area contributed by atoms with Gasteiger partial charge in [-0.25, -0.2) is 8.42 Å². The highest BCUT2D eigenvalue weighted by atomic mass is 32.2. The maximum atomic E-state index is 12.4. The van der Waals surface area contributed by atoms with Crippen molar-refractivity contribution in [1.29, 1.82) is 0 Å². The number of benzene rings is 2. The first-order valence-corrected chi connectivity index (χ1v) is 7.94. The number of sulfone groups is 1. The lowest BCUT2D eigenvalue weighted by atomic mass is 10.2. The van der Waals surface area contributed by atoms with Gasteiger partial charge in [-0.1, -0.05) is 0 Å². The minimum Gasteiger partial charge on any atom is -0.322 e. The van der Waals surface area contributed by atoms with Crippen molar-refractivity contribution < 1.29 is 26.9 Å². The number of anilines is 1. The molecule has 0 unspecified atom stereocenters. The Morgan fingerprint density at radius 1 is 1.04 bits per heavy atom. The van der Waals surface area contributed by atoms with Crippen LogP contribution in [-0.4, -0.2) is 25.0 Å². The first-order valence-electron chi connectivity index (χ1n) is 6.40. The summed E-state index contributed by atoms with van der Waals surface area (Å²) in [6, 6.07) is 9.06. The number of hydrogen-bond donors (Lipinski definition) is 1. The third kappa shape index (κ3) is 3.71. The van der Waals surface area contributed by atoms with Gasteiger partial charge in [-0.2, -0.15) is 8.78 Å². The maximum Gasteiger partial charge on any atom is 0.341 e. The van der Waals surface area contributed by atoms with E-state index in [-0.39, 0.29) is 16.9 Å². The number of amides is 1. The van der Waals surface area contributed by atoms with Crippen molar-refractivity contribution in [2.45, 2.75) is 10.7 Å². The van der Waals surface area contributed by atoms with E-state index in [9.17, 15) is 32.1 Å². The average molecular weight is 356 g/mol. The van der Waals surface area contributed by atoms with Crippen LogP contribution in [0.5, 0.6) is 0 Å². The van der Waals surface area contributed by atoms with E-state index in [0.29, 0.717) is 0 Å². The molecule has 0 saturated heterocycles. The van der Waals surface area contributed by atoms with Gasteiger partial charge in [0.05, 0.1) is 9.82 Å². The zero-order chi connectivity index (χ0) is 17.9. The summed E-state index contributed by atoms with van der Waals surface area (Å²) in [6.07, 6.45) is 0. The van der Waals surface area contributed by atoms with Gasteiger partial charge in [0.2, 0.25) is 9.84 Å². The van der Waals surface area contributed by atoms with E-state index in [4.69, 9.17) is 0 Å². The van der Waals surface area contributed by atoms with Crippen molar-refractivity contribution in [2.75, 3.05) is 5.32 Å². The Morgan fingerprint density at radius 3 is 2.04 bits per heavy atom. The largest absolute Gasteiger partial charge is 0.341 e. The van der Waals surface area contributed by atoms with Gasteiger partial charge in [-0.15, -0.1) is 0 Å². The fourth-order valence-electron chi connectivity index (χ4n) is 1.77. The Hall–Kier alpha value is -2.88. The van der Waals surface area contributed by atoms with E-state index in [0.717, 1.165) is 24.3 Å². The lowest BCUT2D eigenvalue weighted by Crippen LogP contribution is -2.13. The Balaban J connectivity index is 2.14. The normalized spacial score (nSPS) is 11.3. The number of carbonyl (C=O) groups excluding carboxylic acids is 1. The second kappa shape index (κ2) is 6.71. The quantitative estimate of drug-likeness (QED) is 0.655. The summed E-state index contributed by atoms with van der Waals surface area (Å²) in [5, 5.41) is 13.0. The third-order valence-corrected chi connectivity index (χ3v) is 4.41. The van der Waals surface area contributed by atoms with Crippen LogP contribution in [0.2, 0.25) is 0 Å². The number of carbonyl (C=O) groups is 1. The molecule has 10 heteroatoms. The van der Waals surface area contributed by atoms with Gasteiger partial charge in [-0.05, 0) is 36.4 Å². The molecule has 0 radical (unpaired) electrons. The molecular formula is C14H10F2N2O5S. The first-order chi connectivity index (χ1) is 11.2. The monoisotopic (exact) mass is 356 g/mol. The fourth-order valence-corrected chi connectivity index (χ4v) is 2.49. The van der Waals surface area contributed by atoms with Crippen LogP contribution in [0.3, 0.4) is 0 Å². The van der Waals surface area contributed by atoms with Crippen LogP contribution in [0.1, 0.15) is 10.4 Å². The molecule has 0 bridgehead atoms. The first kappa shape index (κ1) is 17.5. The van der Waals surface area contributed by atoms with E-state index in [1.807, 2.05) is 0 Å². The van der Waals surface area contributed by atoms with Crippen LogP contribution < -0.4 is 5.32 Å². The van der Waals surface area contributed by atoms with E-state index in [1.165, 1.54) is 24.3 Å². The topological polar surface area (TPSA) is 106 Å². The standard InChI is InChI=1S/C14H10F2N2O5S/c15-14(16)24(22,23)12-7-3-10(4-8-12)17-13(19)9-1-5-11(6-2-9)18(20)21/h1-8,14H,(H,17,19). The summed E-state index contributed by atoms with van der Waals surface area (Å²) in [5.74, 6) is -4.12. The Morgan fingerprint density at radius 2 is 1.58 bits per heavy atom. The number of nitro benzene ring substituents is 1. The number of non-ortho nitro benzene ring substituents is 1. The van der Waals surface area contributed by atoms with Crippen molar-refractivity contribution in [3.63, 3.8) is 0 Å². The molecule has 2 aromatic rings. The van der Waals surface area contributed by atoms with Gasteiger partial charge >= 0.3 is 5.76 Å². The van der Waals surface area contributed by atoms with Crippen molar-refractivity contribution in [1.82, 2.24) is 0 Å². The lowest BCUT2D eigenvalue weighted by molar-refractivity contribution is -0.384. The third-order valence-electron chi connectivity index (χ3n) is 3.02. The second-order valence-corrected chi connectivity index (χ2v) is 6.51. The van der Waals surface area contributed by atoms with E-state index in [1.54, 1.807) is 0 Å². The number of nitro groups is 1. The molecule has 0 aliphatic rings. The molecule has 0 aliphatic heterocycles. The van der Waals surface area contributed by atoms with Crippen LogP contribution in [-0.2, 0) is 9.84 Å². The number of halogens is 2. The molecule has 0 heterocycles. The van der Waals surface area contributed by atoms with Crippen LogP contribution in [0.15, 0.2) is 53.4 Å². The second-order valence-electron chi connectivity index (χ2n) is 4.59. The zero-order valence-electron chi connectivity index (χ0n) is 11.8. The number of nitrogens with zero attached hydrogens (tertiary/aromatic N) is 1. The number of hydrogen-bond acceptors (Lipinski definition) is 5. The van der Waals surface area contributed by atoms with Gasteiger partial charge in [0.1, 0.15) is 0 Å². The maximum absolute atomic E-state index is 12.4. The molecule has 1 amide bonds. The van der Waals surface area contributed by atoms with E-state index in [2.05, 4.69) is 5.32 Å². The summed E-state index contributed by atoms with van der Waals surface area (Å²) in [4.78, 5) is 21.3. The highest BCUT2D eigenvalue weighted by Gasteiger charge is 2.26. The van der Waals surface area contributed by atoms with E-state index < -0.39 is 31.3 Å².